The number of carbonyl (C=O) groups excluding carboxylic acids is 1. The predicted molar refractivity (Wildman–Crippen MR) is 83.0 cm³/mol. The van der Waals surface area contributed by atoms with E-state index in [-0.39, 0.29) is 12.5 Å². The van der Waals surface area contributed by atoms with Gasteiger partial charge in [-0.15, -0.1) is 11.3 Å². The van der Waals surface area contributed by atoms with Crippen LogP contribution in [0.5, 0.6) is 0 Å². The Morgan fingerprint density at radius 3 is 2.85 bits per heavy atom. The van der Waals surface area contributed by atoms with Gasteiger partial charge < -0.3 is 21.1 Å². The van der Waals surface area contributed by atoms with E-state index in [0.29, 0.717) is 6.54 Å². The Hall–Kier alpha value is -2.05. The quantitative estimate of drug-likeness (QED) is 0.764. The lowest BCUT2D eigenvalue weighted by atomic mass is 10.2. The van der Waals surface area contributed by atoms with Gasteiger partial charge in [0.05, 0.1) is 6.54 Å². The molecule has 0 bridgehead atoms. The zero-order valence-corrected chi connectivity index (χ0v) is 12.0. The minimum absolute atomic E-state index is 0.0450. The monoisotopic (exact) mass is 291 g/mol. The zero-order valence-electron chi connectivity index (χ0n) is 11.2. The molecular weight excluding hydrogens is 274 g/mol. The van der Waals surface area contributed by atoms with Crippen LogP contribution in [-0.2, 0) is 16.1 Å². The number of benzene rings is 1. The molecule has 0 radical (unpaired) electrons. The van der Waals surface area contributed by atoms with Crippen molar-refractivity contribution >= 4 is 34.3 Å². The van der Waals surface area contributed by atoms with Gasteiger partial charge in [0.15, 0.2) is 0 Å². The van der Waals surface area contributed by atoms with Crippen molar-refractivity contribution in [1.82, 2.24) is 0 Å². The first-order chi connectivity index (χ1) is 9.69. The van der Waals surface area contributed by atoms with Gasteiger partial charge in [-0.25, -0.2) is 0 Å². The Bertz CT molecular complexity index is 583. The molecule has 0 aliphatic carbocycles. The van der Waals surface area contributed by atoms with E-state index in [0.717, 1.165) is 21.9 Å². The van der Waals surface area contributed by atoms with E-state index in [1.807, 2.05) is 35.7 Å². The third-order valence-electron chi connectivity index (χ3n) is 2.65. The topological polar surface area (TPSA) is 76.4 Å². The van der Waals surface area contributed by atoms with Crippen molar-refractivity contribution in [3.8, 4) is 0 Å². The molecule has 0 fully saturated rings. The summed E-state index contributed by atoms with van der Waals surface area (Å²) in [4.78, 5) is 12.5. The van der Waals surface area contributed by atoms with Gasteiger partial charge in [-0.1, -0.05) is 6.07 Å². The van der Waals surface area contributed by atoms with Gasteiger partial charge >= 0.3 is 0 Å². The van der Waals surface area contributed by atoms with E-state index in [9.17, 15) is 4.79 Å². The van der Waals surface area contributed by atoms with Gasteiger partial charge in [0.25, 0.3) is 0 Å². The van der Waals surface area contributed by atoms with Crippen molar-refractivity contribution in [2.45, 2.75) is 6.54 Å². The average molecular weight is 291 g/mol. The second kappa shape index (κ2) is 6.93. The molecule has 2 rings (SSSR count). The van der Waals surface area contributed by atoms with E-state index in [4.69, 9.17) is 10.5 Å². The highest BCUT2D eigenvalue weighted by Gasteiger charge is 2.03. The molecule has 5 nitrogen and oxygen atoms in total. The summed E-state index contributed by atoms with van der Waals surface area (Å²) in [5.41, 5.74) is 8.29. The molecule has 106 valence electrons. The standard InChI is InChI=1S/C14H17N3O2S/c1-19-9-14(18)17-11-4-2-3-10(7-11)16-8-13-12(15)5-6-20-13/h2-7,16H,8-9,15H2,1H3,(H,17,18). The summed E-state index contributed by atoms with van der Waals surface area (Å²) < 4.78 is 4.78. The maximum absolute atomic E-state index is 11.4. The minimum atomic E-state index is -0.174. The molecular formula is C14H17N3O2S. The van der Waals surface area contributed by atoms with Crippen LogP contribution in [0.1, 0.15) is 4.88 Å². The van der Waals surface area contributed by atoms with Crippen molar-refractivity contribution < 1.29 is 9.53 Å². The van der Waals surface area contributed by atoms with Gasteiger partial charge in [0.1, 0.15) is 6.61 Å². The van der Waals surface area contributed by atoms with Crippen LogP contribution in [0, 0.1) is 0 Å². The van der Waals surface area contributed by atoms with E-state index in [1.54, 1.807) is 11.3 Å². The summed E-state index contributed by atoms with van der Waals surface area (Å²) in [5.74, 6) is -0.174. The number of thiophene rings is 1. The number of nitrogens with two attached hydrogens (primary N) is 1. The van der Waals surface area contributed by atoms with Gasteiger partial charge in [-0.05, 0) is 29.6 Å². The van der Waals surface area contributed by atoms with Crippen LogP contribution in [0.4, 0.5) is 17.1 Å². The molecule has 20 heavy (non-hydrogen) atoms. The molecule has 2 aromatic rings. The molecule has 1 amide bonds. The number of hydrogen-bond acceptors (Lipinski definition) is 5. The molecule has 0 saturated carbocycles. The molecule has 0 aliphatic rings. The first-order valence-corrected chi connectivity index (χ1v) is 7.01. The van der Waals surface area contributed by atoms with Crippen LogP contribution in [0.15, 0.2) is 35.7 Å². The fourth-order valence-electron chi connectivity index (χ4n) is 1.71. The van der Waals surface area contributed by atoms with E-state index in [1.165, 1.54) is 7.11 Å². The molecule has 1 aromatic heterocycles. The molecule has 0 spiro atoms. The third kappa shape index (κ3) is 3.97. The number of ether oxygens (including phenoxy) is 1. The lowest BCUT2D eigenvalue weighted by Crippen LogP contribution is -2.17. The molecule has 1 aromatic carbocycles. The van der Waals surface area contributed by atoms with Crippen LogP contribution < -0.4 is 16.4 Å². The minimum Gasteiger partial charge on any atom is -0.398 e. The third-order valence-corrected chi connectivity index (χ3v) is 3.59. The van der Waals surface area contributed by atoms with Crippen molar-refractivity contribution in [1.29, 1.82) is 0 Å². The summed E-state index contributed by atoms with van der Waals surface area (Å²) in [5, 5.41) is 8.01. The van der Waals surface area contributed by atoms with Crippen LogP contribution in [-0.4, -0.2) is 19.6 Å². The zero-order chi connectivity index (χ0) is 14.4. The highest BCUT2D eigenvalue weighted by atomic mass is 32.1. The highest BCUT2D eigenvalue weighted by Crippen LogP contribution is 2.21. The Balaban J connectivity index is 1.95. The first-order valence-electron chi connectivity index (χ1n) is 6.13. The number of rotatable bonds is 6. The number of nitrogen functional groups attached to an aromatic ring is 1. The molecule has 0 saturated heterocycles. The van der Waals surface area contributed by atoms with E-state index < -0.39 is 0 Å². The molecule has 0 atom stereocenters. The first kappa shape index (κ1) is 14.4. The second-order valence-electron chi connectivity index (χ2n) is 4.21. The Labute approximate surface area is 121 Å². The fraction of sp³-hybridized carbons (Fsp3) is 0.214. The lowest BCUT2D eigenvalue weighted by Gasteiger charge is -2.09. The van der Waals surface area contributed by atoms with E-state index in [2.05, 4.69) is 10.6 Å². The normalized spacial score (nSPS) is 10.2. The van der Waals surface area contributed by atoms with Gasteiger partial charge in [0.2, 0.25) is 5.91 Å². The van der Waals surface area contributed by atoms with Gasteiger partial charge in [-0.2, -0.15) is 0 Å². The maximum atomic E-state index is 11.4. The van der Waals surface area contributed by atoms with Crippen LogP contribution in [0.2, 0.25) is 0 Å². The van der Waals surface area contributed by atoms with Gasteiger partial charge in [-0.3, -0.25) is 4.79 Å². The molecule has 1 heterocycles. The summed E-state index contributed by atoms with van der Waals surface area (Å²) in [7, 11) is 1.49. The lowest BCUT2D eigenvalue weighted by molar-refractivity contribution is -0.119. The Morgan fingerprint density at radius 1 is 1.35 bits per heavy atom. The molecule has 0 unspecified atom stereocenters. The largest absolute Gasteiger partial charge is 0.398 e. The smallest absolute Gasteiger partial charge is 0.250 e. The number of hydrogen-bond donors (Lipinski definition) is 3. The molecule has 4 N–H and O–H groups in total. The van der Waals surface area contributed by atoms with Crippen molar-refractivity contribution in [3.63, 3.8) is 0 Å². The predicted octanol–water partition coefficient (Wildman–Crippen LogP) is 2.53. The summed E-state index contributed by atoms with van der Waals surface area (Å²) >= 11 is 1.62. The van der Waals surface area contributed by atoms with Crippen LogP contribution >= 0.6 is 11.3 Å². The SMILES string of the molecule is COCC(=O)Nc1cccc(NCc2sccc2N)c1. The molecule has 0 aliphatic heterocycles. The fourth-order valence-corrected chi connectivity index (χ4v) is 2.45. The van der Waals surface area contributed by atoms with E-state index >= 15 is 0 Å². The maximum Gasteiger partial charge on any atom is 0.250 e. The number of methoxy groups -OCH3 is 1. The summed E-state index contributed by atoms with van der Waals surface area (Å²) in [6, 6.07) is 9.41. The Kier molecular flexibility index (Phi) is 4.97. The van der Waals surface area contributed by atoms with Gasteiger partial charge in [0, 0.05) is 29.0 Å². The van der Waals surface area contributed by atoms with Crippen LogP contribution in [0.3, 0.4) is 0 Å². The number of nitrogens with one attached hydrogen (secondary N) is 2. The van der Waals surface area contributed by atoms with Crippen LogP contribution in [0.25, 0.3) is 0 Å². The number of anilines is 3. The second-order valence-corrected chi connectivity index (χ2v) is 5.22. The van der Waals surface area contributed by atoms with Crippen molar-refractivity contribution in [2.75, 3.05) is 30.1 Å². The highest BCUT2D eigenvalue weighted by molar-refractivity contribution is 7.10. The van der Waals surface area contributed by atoms with Crippen molar-refractivity contribution in [2.24, 2.45) is 0 Å². The van der Waals surface area contributed by atoms with Crippen molar-refractivity contribution in [3.05, 3.63) is 40.6 Å². The Morgan fingerprint density at radius 2 is 2.15 bits per heavy atom. The summed E-state index contributed by atoms with van der Waals surface area (Å²) in [6.45, 7) is 0.711. The molecule has 6 heteroatoms. The number of carbonyl (C=O) groups is 1. The average Bonchev–Trinajstić information content (AvgIpc) is 2.82. The summed E-state index contributed by atoms with van der Waals surface area (Å²) in [6.07, 6.45) is 0. The number of amides is 1.